The second kappa shape index (κ2) is 12.6. The molecule has 41 heavy (non-hydrogen) atoms. The largest absolute Gasteiger partial charge is 0.497 e. The van der Waals surface area contributed by atoms with E-state index in [1.807, 2.05) is 48.5 Å². The molecule has 2 aliphatic rings. The zero-order valence-corrected chi connectivity index (χ0v) is 25.2. The Bertz CT molecular complexity index is 1390. The predicted octanol–water partition coefficient (Wildman–Crippen LogP) is 7.71. The highest BCUT2D eigenvalue weighted by molar-refractivity contribution is 6.30. The average Bonchev–Trinajstić information content (AvgIpc) is 2.99. The van der Waals surface area contributed by atoms with Gasteiger partial charge in [-0.1, -0.05) is 43.2 Å². The van der Waals surface area contributed by atoms with Crippen LogP contribution in [0, 0.1) is 5.41 Å². The van der Waals surface area contributed by atoms with Gasteiger partial charge in [-0.05, 0) is 84.3 Å². The molecular weight excluding hydrogens is 536 g/mol. The third-order valence-electron chi connectivity index (χ3n) is 8.19. The summed E-state index contributed by atoms with van der Waals surface area (Å²) in [5, 5.41) is 0.777. The maximum Gasteiger partial charge on any atom is 0.341 e. The van der Waals surface area contributed by atoms with Crippen LogP contribution in [0.25, 0.3) is 5.57 Å². The molecule has 216 valence electrons. The summed E-state index contributed by atoms with van der Waals surface area (Å²) in [6.07, 6.45) is 3.43. The van der Waals surface area contributed by atoms with Crippen LogP contribution in [0.2, 0.25) is 5.02 Å². The van der Waals surface area contributed by atoms with Gasteiger partial charge in [-0.25, -0.2) is 4.79 Å². The Labute approximate surface area is 248 Å². The number of nitrogens with zero attached hydrogens (tertiary/aromatic N) is 2. The van der Waals surface area contributed by atoms with Crippen molar-refractivity contribution in [1.82, 2.24) is 4.90 Å². The van der Waals surface area contributed by atoms with Crippen molar-refractivity contribution in [2.45, 2.75) is 33.1 Å². The molecule has 5 rings (SSSR count). The summed E-state index contributed by atoms with van der Waals surface area (Å²) >= 11 is 6.19. The second-order valence-corrected chi connectivity index (χ2v) is 12.1. The lowest BCUT2D eigenvalue weighted by Crippen LogP contribution is -2.47. The molecule has 0 bridgehead atoms. The topological polar surface area (TPSA) is 51.2 Å². The number of allylic oxidation sites excluding steroid dienone is 1. The van der Waals surface area contributed by atoms with Gasteiger partial charge >= 0.3 is 5.97 Å². The Morgan fingerprint density at radius 3 is 2.24 bits per heavy atom. The monoisotopic (exact) mass is 574 g/mol. The molecule has 0 radical (unpaired) electrons. The van der Waals surface area contributed by atoms with Crippen molar-refractivity contribution in [2.24, 2.45) is 5.41 Å². The van der Waals surface area contributed by atoms with Gasteiger partial charge in [0.2, 0.25) is 0 Å². The normalized spacial score (nSPS) is 17.3. The molecular formula is C34H39ClN2O4. The quantitative estimate of drug-likeness (QED) is 0.257. The Balaban J connectivity index is 1.30. The van der Waals surface area contributed by atoms with Gasteiger partial charge in [-0.15, -0.1) is 0 Å². The van der Waals surface area contributed by atoms with E-state index in [9.17, 15) is 4.79 Å². The summed E-state index contributed by atoms with van der Waals surface area (Å²) in [6, 6.07) is 21.4. The maximum atomic E-state index is 12.5. The first-order valence-electron chi connectivity index (χ1n) is 14.2. The number of methoxy groups -OCH3 is 2. The molecule has 1 aliphatic carbocycles. The zero-order valence-electron chi connectivity index (χ0n) is 24.4. The Morgan fingerprint density at radius 2 is 1.59 bits per heavy atom. The van der Waals surface area contributed by atoms with Crippen LogP contribution >= 0.6 is 11.6 Å². The van der Waals surface area contributed by atoms with E-state index in [1.165, 1.54) is 24.7 Å². The Kier molecular flexibility index (Phi) is 8.91. The molecule has 7 heteroatoms. The van der Waals surface area contributed by atoms with Crippen LogP contribution in [-0.4, -0.2) is 57.8 Å². The third-order valence-corrected chi connectivity index (χ3v) is 8.44. The van der Waals surface area contributed by atoms with Crippen molar-refractivity contribution in [3.05, 3.63) is 88.5 Å². The molecule has 1 fully saturated rings. The number of hydrogen-bond donors (Lipinski definition) is 0. The SMILES string of the molecule is COC(=O)c1ccc(N2CCN(CC3=C(c4ccc(Cl)cc4)CC(C)(C)CC3)CC2)cc1Oc1ccc(OC)cc1. The first-order valence-corrected chi connectivity index (χ1v) is 14.6. The molecule has 0 atom stereocenters. The van der Waals surface area contributed by atoms with E-state index in [0.29, 0.717) is 22.5 Å². The van der Waals surface area contributed by atoms with Gasteiger partial charge in [-0.3, -0.25) is 4.90 Å². The van der Waals surface area contributed by atoms with E-state index in [4.69, 9.17) is 25.8 Å². The van der Waals surface area contributed by atoms with E-state index in [-0.39, 0.29) is 0 Å². The summed E-state index contributed by atoms with van der Waals surface area (Å²) in [4.78, 5) is 17.4. The molecule has 0 saturated carbocycles. The van der Waals surface area contributed by atoms with Crippen LogP contribution in [0.1, 0.15) is 49.0 Å². The van der Waals surface area contributed by atoms with Gasteiger partial charge in [0.25, 0.3) is 0 Å². The van der Waals surface area contributed by atoms with Gasteiger partial charge in [-0.2, -0.15) is 0 Å². The van der Waals surface area contributed by atoms with E-state index >= 15 is 0 Å². The number of benzene rings is 3. The standard InChI is InChI=1S/C34H39ClN2O4/c1-34(2)16-15-25(31(22-34)24-5-7-26(35)8-6-24)23-36-17-19-37(20-18-36)27-9-14-30(33(38)40-4)32(21-27)41-29-12-10-28(39-3)11-13-29/h5-14,21H,15-20,22-23H2,1-4H3. The average molecular weight is 575 g/mol. The van der Waals surface area contributed by atoms with Crippen LogP contribution < -0.4 is 14.4 Å². The molecule has 0 spiro atoms. The number of ether oxygens (including phenoxy) is 3. The molecule has 3 aromatic rings. The molecule has 0 amide bonds. The molecule has 3 aromatic carbocycles. The van der Waals surface area contributed by atoms with Crippen molar-refractivity contribution in [1.29, 1.82) is 0 Å². The molecule has 1 heterocycles. The summed E-state index contributed by atoms with van der Waals surface area (Å²) in [5.74, 6) is 1.42. The van der Waals surface area contributed by atoms with Gasteiger partial charge in [0, 0.05) is 49.5 Å². The number of esters is 1. The van der Waals surface area contributed by atoms with Crippen molar-refractivity contribution in [3.63, 3.8) is 0 Å². The highest BCUT2D eigenvalue weighted by atomic mass is 35.5. The fourth-order valence-electron chi connectivity index (χ4n) is 5.74. The number of hydrogen-bond acceptors (Lipinski definition) is 6. The summed E-state index contributed by atoms with van der Waals surface area (Å²) in [6.45, 7) is 9.47. The van der Waals surface area contributed by atoms with Crippen LogP contribution in [-0.2, 0) is 4.74 Å². The number of rotatable bonds is 8. The number of carbonyl (C=O) groups is 1. The van der Waals surface area contributed by atoms with E-state index < -0.39 is 5.97 Å². The van der Waals surface area contributed by atoms with E-state index in [1.54, 1.807) is 18.7 Å². The maximum absolute atomic E-state index is 12.5. The molecule has 1 saturated heterocycles. The van der Waals surface area contributed by atoms with Crippen molar-refractivity contribution in [3.8, 4) is 17.2 Å². The lowest BCUT2D eigenvalue weighted by molar-refractivity contribution is 0.0598. The van der Waals surface area contributed by atoms with E-state index in [2.05, 4.69) is 35.8 Å². The predicted molar refractivity (Wildman–Crippen MR) is 166 cm³/mol. The Morgan fingerprint density at radius 1 is 0.902 bits per heavy atom. The molecule has 1 aliphatic heterocycles. The number of piperazine rings is 1. The lowest BCUT2D eigenvalue weighted by atomic mass is 9.72. The molecule has 0 unspecified atom stereocenters. The van der Waals surface area contributed by atoms with Crippen molar-refractivity contribution >= 4 is 28.8 Å². The zero-order chi connectivity index (χ0) is 29.0. The third kappa shape index (κ3) is 7.06. The van der Waals surface area contributed by atoms with Gasteiger partial charge in [0.15, 0.2) is 0 Å². The fourth-order valence-corrected chi connectivity index (χ4v) is 5.87. The van der Waals surface area contributed by atoms with Crippen LogP contribution in [0.4, 0.5) is 5.69 Å². The van der Waals surface area contributed by atoms with Crippen LogP contribution in [0.3, 0.4) is 0 Å². The van der Waals surface area contributed by atoms with Gasteiger partial charge in [0.1, 0.15) is 22.8 Å². The van der Waals surface area contributed by atoms with Crippen LogP contribution in [0.5, 0.6) is 17.2 Å². The smallest absolute Gasteiger partial charge is 0.341 e. The number of anilines is 1. The molecule has 6 nitrogen and oxygen atoms in total. The highest BCUT2D eigenvalue weighted by Crippen LogP contribution is 2.43. The minimum Gasteiger partial charge on any atom is -0.497 e. The number of halogens is 1. The van der Waals surface area contributed by atoms with Crippen molar-refractivity contribution in [2.75, 3.05) is 51.8 Å². The summed E-state index contributed by atoms with van der Waals surface area (Å²) in [7, 11) is 3.01. The summed E-state index contributed by atoms with van der Waals surface area (Å²) in [5.41, 5.74) is 6.07. The first kappa shape index (κ1) is 29.0. The minimum atomic E-state index is -0.426. The minimum absolute atomic E-state index is 0.305. The van der Waals surface area contributed by atoms with Crippen LogP contribution in [0.15, 0.2) is 72.3 Å². The van der Waals surface area contributed by atoms with E-state index in [0.717, 1.165) is 62.0 Å². The van der Waals surface area contributed by atoms with Gasteiger partial charge in [0.05, 0.1) is 14.2 Å². The fraction of sp³-hybridized carbons (Fsp3) is 0.382. The molecule has 0 N–H and O–H groups in total. The summed E-state index contributed by atoms with van der Waals surface area (Å²) < 4.78 is 16.4. The van der Waals surface area contributed by atoms with Crippen molar-refractivity contribution < 1.29 is 19.0 Å². The van der Waals surface area contributed by atoms with Gasteiger partial charge < -0.3 is 19.1 Å². The Hall–Kier alpha value is -3.48. The number of carbonyl (C=O) groups excluding carboxylic acids is 1. The molecule has 0 aromatic heterocycles. The highest BCUT2D eigenvalue weighted by Gasteiger charge is 2.29. The lowest BCUT2D eigenvalue weighted by Gasteiger charge is -2.39. The first-order chi connectivity index (χ1) is 19.7. The second-order valence-electron chi connectivity index (χ2n) is 11.6.